The van der Waals surface area contributed by atoms with Crippen LogP contribution in [0.3, 0.4) is 0 Å². The molecule has 0 spiro atoms. The van der Waals surface area contributed by atoms with Gasteiger partial charge in [-0.3, -0.25) is 0 Å². The van der Waals surface area contributed by atoms with E-state index in [2.05, 4.69) is 41.0 Å². The van der Waals surface area contributed by atoms with Crippen molar-refractivity contribution in [2.75, 3.05) is 37.6 Å². The number of hydrogen-bond acceptors (Lipinski definition) is 2. The summed E-state index contributed by atoms with van der Waals surface area (Å²) in [6.07, 6.45) is 5.43. The summed E-state index contributed by atoms with van der Waals surface area (Å²) in [7, 11) is 0. The van der Waals surface area contributed by atoms with Crippen LogP contribution in [0.5, 0.6) is 0 Å². The second kappa shape index (κ2) is 9.72. The van der Waals surface area contributed by atoms with Gasteiger partial charge in [-0.2, -0.15) is 0 Å². The number of fused-ring (bicyclic) bond motifs is 1. The lowest BCUT2D eigenvalue weighted by Crippen LogP contribution is -2.34. The maximum Gasteiger partial charge on any atom is 0.123 e. The van der Waals surface area contributed by atoms with Gasteiger partial charge in [-0.1, -0.05) is 43.3 Å². The van der Waals surface area contributed by atoms with E-state index in [9.17, 15) is 4.39 Å². The van der Waals surface area contributed by atoms with Crippen molar-refractivity contribution >= 4 is 5.69 Å². The molecule has 2 aliphatic heterocycles. The van der Waals surface area contributed by atoms with E-state index in [1.807, 2.05) is 0 Å². The summed E-state index contributed by atoms with van der Waals surface area (Å²) in [5.41, 5.74) is 3.04. The molecule has 2 aliphatic rings. The van der Waals surface area contributed by atoms with Gasteiger partial charge < -0.3 is 9.80 Å². The van der Waals surface area contributed by atoms with Gasteiger partial charge >= 0.3 is 0 Å². The smallest absolute Gasteiger partial charge is 0.123 e. The predicted octanol–water partition coefficient (Wildman–Crippen LogP) is 5.00. The predicted molar refractivity (Wildman–Crippen MR) is 108 cm³/mol. The molecule has 0 bridgehead atoms. The Morgan fingerprint density at radius 3 is 2.27 bits per heavy atom. The molecule has 0 radical (unpaired) electrons. The SMILES string of the molecule is CCN1CCC(CCN2CCc3ccccc32)CC1.Fc1ccccc1. The zero-order valence-corrected chi connectivity index (χ0v) is 15.9. The van der Waals surface area contributed by atoms with Crippen LogP contribution in [-0.4, -0.2) is 37.6 Å². The summed E-state index contributed by atoms with van der Waals surface area (Å²) in [5.74, 6) is 0.776. The molecule has 0 atom stereocenters. The van der Waals surface area contributed by atoms with Crippen molar-refractivity contribution in [2.45, 2.75) is 32.6 Å². The van der Waals surface area contributed by atoms with Gasteiger partial charge in [0.05, 0.1) is 0 Å². The van der Waals surface area contributed by atoms with Crippen LogP contribution in [0.2, 0.25) is 0 Å². The third-order valence-corrected chi connectivity index (χ3v) is 5.68. The Balaban J connectivity index is 0.000000236. The molecule has 1 fully saturated rings. The second-order valence-corrected chi connectivity index (χ2v) is 7.33. The zero-order chi connectivity index (χ0) is 18.2. The van der Waals surface area contributed by atoms with Crippen molar-refractivity contribution in [3.8, 4) is 0 Å². The Labute approximate surface area is 157 Å². The number of anilines is 1. The van der Waals surface area contributed by atoms with Gasteiger partial charge in [-0.05, 0) is 75.0 Å². The Morgan fingerprint density at radius 1 is 0.923 bits per heavy atom. The van der Waals surface area contributed by atoms with E-state index < -0.39 is 0 Å². The van der Waals surface area contributed by atoms with E-state index in [1.54, 1.807) is 23.8 Å². The van der Waals surface area contributed by atoms with Crippen LogP contribution in [0.4, 0.5) is 10.1 Å². The lowest BCUT2D eigenvalue weighted by Gasteiger charge is -2.32. The molecule has 2 aromatic carbocycles. The maximum absolute atomic E-state index is 11.9. The minimum atomic E-state index is -0.178. The number of hydrogen-bond donors (Lipinski definition) is 0. The third-order valence-electron chi connectivity index (χ3n) is 5.68. The lowest BCUT2D eigenvalue weighted by atomic mass is 9.93. The van der Waals surface area contributed by atoms with Gasteiger partial charge in [0.25, 0.3) is 0 Å². The fourth-order valence-electron chi connectivity index (χ4n) is 3.98. The molecule has 140 valence electrons. The van der Waals surface area contributed by atoms with Gasteiger partial charge in [0.15, 0.2) is 0 Å². The highest BCUT2D eigenvalue weighted by Gasteiger charge is 2.21. The number of benzene rings is 2. The van der Waals surface area contributed by atoms with Crippen molar-refractivity contribution < 1.29 is 4.39 Å². The molecule has 2 heterocycles. The monoisotopic (exact) mass is 354 g/mol. The van der Waals surface area contributed by atoms with E-state index in [0.717, 1.165) is 5.92 Å². The first-order valence-corrected chi connectivity index (χ1v) is 10.0. The standard InChI is InChI=1S/C17H26N2.C6H5F/c1-2-18-11-7-15(8-12-18)9-13-19-14-10-16-5-3-4-6-17(16)19;7-6-4-2-1-3-5-6/h3-6,15H,2,7-14H2,1H3;1-5H. The van der Waals surface area contributed by atoms with E-state index in [4.69, 9.17) is 0 Å². The molecular formula is C23H31FN2. The van der Waals surface area contributed by atoms with Crippen molar-refractivity contribution in [3.05, 3.63) is 66.0 Å². The molecule has 2 aromatic rings. The molecule has 0 aliphatic carbocycles. The van der Waals surface area contributed by atoms with Crippen molar-refractivity contribution in [2.24, 2.45) is 5.92 Å². The normalized spacial score (nSPS) is 17.5. The molecule has 0 amide bonds. The van der Waals surface area contributed by atoms with Gasteiger partial charge in [0, 0.05) is 18.8 Å². The van der Waals surface area contributed by atoms with Gasteiger partial charge in [-0.25, -0.2) is 4.39 Å². The summed E-state index contributed by atoms with van der Waals surface area (Å²) in [6.45, 7) is 8.63. The number of halogens is 1. The van der Waals surface area contributed by atoms with E-state index in [0.29, 0.717) is 0 Å². The summed E-state index contributed by atoms with van der Waals surface area (Å²) >= 11 is 0. The highest BCUT2D eigenvalue weighted by molar-refractivity contribution is 5.57. The first-order chi connectivity index (χ1) is 12.8. The molecule has 26 heavy (non-hydrogen) atoms. The molecule has 3 heteroatoms. The molecule has 4 rings (SSSR count). The van der Waals surface area contributed by atoms with E-state index >= 15 is 0 Å². The lowest BCUT2D eigenvalue weighted by molar-refractivity contribution is 0.188. The van der Waals surface area contributed by atoms with Crippen molar-refractivity contribution in [1.29, 1.82) is 0 Å². The number of rotatable bonds is 4. The Hall–Kier alpha value is -1.87. The fraction of sp³-hybridized carbons (Fsp3) is 0.478. The number of likely N-dealkylation sites (tertiary alicyclic amines) is 1. The van der Waals surface area contributed by atoms with Gasteiger partial charge in [0.2, 0.25) is 0 Å². The molecular weight excluding hydrogens is 323 g/mol. The zero-order valence-electron chi connectivity index (χ0n) is 15.9. The molecule has 2 nitrogen and oxygen atoms in total. The minimum Gasteiger partial charge on any atom is -0.371 e. The molecule has 0 N–H and O–H groups in total. The summed E-state index contributed by atoms with van der Waals surface area (Å²) < 4.78 is 11.9. The molecule has 0 saturated carbocycles. The first kappa shape index (κ1) is 18.9. The van der Waals surface area contributed by atoms with Gasteiger partial charge in [0.1, 0.15) is 5.82 Å². The summed E-state index contributed by atoms with van der Waals surface area (Å²) in [5, 5.41) is 0. The van der Waals surface area contributed by atoms with Crippen molar-refractivity contribution in [3.63, 3.8) is 0 Å². The Morgan fingerprint density at radius 2 is 1.62 bits per heavy atom. The second-order valence-electron chi connectivity index (χ2n) is 7.33. The minimum absolute atomic E-state index is 0.178. The Bertz CT molecular complexity index is 650. The third kappa shape index (κ3) is 5.31. The molecule has 0 unspecified atom stereocenters. The van der Waals surface area contributed by atoms with Crippen LogP contribution in [0, 0.1) is 11.7 Å². The number of nitrogens with zero attached hydrogens (tertiary/aromatic N) is 2. The van der Waals surface area contributed by atoms with Crippen molar-refractivity contribution in [1.82, 2.24) is 4.90 Å². The molecule has 1 saturated heterocycles. The summed E-state index contributed by atoms with van der Waals surface area (Å²) in [6, 6.07) is 16.9. The molecule has 0 aromatic heterocycles. The van der Waals surface area contributed by atoms with E-state index in [-0.39, 0.29) is 5.82 Å². The average molecular weight is 355 g/mol. The van der Waals surface area contributed by atoms with Gasteiger partial charge in [-0.15, -0.1) is 0 Å². The Kier molecular flexibility index (Phi) is 7.07. The van der Waals surface area contributed by atoms with Crippen LogP contribution in [0.1, 0.15) is 31.7 Å². The number of para-hydroxylation sites is 1. The van der Waals surface area contributed by atoms with Crippen LogP contribution in [0.25, 0.3) is 0 Å². The quantitative estimate of drug-likeness (QED) is 0.762. The fourth-order valence-corrected chi connectivity index (χ4v) is 3.98. The highest BCUT2D eigenvalue weighted by Crippen LogP contribution is 2.29. The average Bonchev–Trinajstić information content (AvgIpc) is 3.11. The van der Waals surface area contributed by atoms with Crippen LogP contribution in [-0.2, 0) is 6.42 Å². The first-order valence-electron chi connectivity index (χ1n) is 10.0. The topological polar surface area (TPSA) is 6.48 Å². The highest BCUT2D eigenvalue weighted by atomic mass is 19.1. The maximum atomic E-state index is 11.9. The van der Waals surface area contributed by atoms with E-state index in [1.165, 1.54) is 76.2 Å². The van der Waals surface area contributed by atoms with Crippen LogP contribution < -0.4 is 4.90 Å². The van der Waals surface area contributed by atoms with Crippen LogP contribution in [0.15, 0.2) is 54.6 Å². The summed E-state index contributed by atoms with van der Waals surface area (Å²) in [4.78, 5) is 5.18. The number of piperidine rings is 1. The van der Waals surface area contributed by atoms with Crippen LogP contribution >= 0.6 is 0 Å². The largest absolute Gasteiger partial charge is 0.371 e.